The Morgan fingerprint density at radius 3 is 2.22 bits per heavy atom. The van der Waals surface area contributed by atoms with Crippen LogP contribution in [-0.2, 0) is 16.0 Å². The van der Waals surface area contributed by atoms with Crippen LogP contribution in [0.3, 0.4) is 0 Å². The van der Waals surface area contributed by atoms with E-state index in [0.717, 1.165) is 12.0 Å². The summed E-state index contributed by atoms with van der Waals surface area (Å²) in [6.45, 7) is 0.533. The third-order valence-electron chi connectivity index (χ3n) is 3.23. The molecule has 4 nitrogen and oxygen atoms in total. The molecule has 2 aromatic rings. The van der Waals surface area contributed by atoms with Crippen molar-refractivity contribution < 1.29 is 9.59 Å². The Bertz CT molecular complexity index is 652. The predicted molar refractivity (Wildman–Crippen MR) is 91.6 cm³/mol. The second-order valence-electron chi connectivity index (χ2n) is 5.05. The van der Waals surface area contributed by atoms with Crippen molar-refractivity contribution in [2.24, 2.45) is 0 Å². The van der Waals surface area contributed by atoms with Crippen LogP contribution in [0.2, 0.25) is 0 Å². The lowest BCUT2D eigenvalue weighted by molar-refractivity contribution is -0.123. The van der Waals surface area contributed by atoms with Gasteiger partial charge in [0.2, 0.25) is 11.8 Å². The Morgan fingerprint density at radius 2 is 1.52 bits per heavy atom. The van der Waals surface area contributed by atoms with Gasteiger partial charge in [-0.1, -0.05) is 60.7 Å². The average Bonchev–Trinajstić information content (AvgIpc) is 2.60. The molecular formula is C19H20N2O2. The number of hydrogen-bond donors (Lipinski definition) is 2. The maximum Gasteiger partial charge on any atom is 0.244 e. The van der Waals surface area contributed by atoms with Gasteiger partial charge in [-0.25, -0.2) is 0 Å². The van der Waals surface area contributed by atoms with Gasteiger partial charge in [-0.2, -0.15) is 0 Å². The molecule has 118 valence electrons. The molecule has 0 fully saturated rings. The number of benzene rings is 2. The molecule has 23 heavy (non-hydrogen) atoms. The molecule has 2 N–H and O–H groups in total. The zero-order valence-corrected chi connectivity index (χ0v) is 12.9. The summed E-state index contributed by atoms with van der Waals surface area (Å²) in [5.74, 6) is -0.477. The summed E-state index contributed by atoms with van der Waals surface area (Å²) in [5, 5.41) is 5.35. The van der Waals surface area contributed by atoms with E-state index in [9.17, 15) is 9.59 Å². The molecular weight excluding hydrogens is 288 g/mol. The molecule has 0 aliphatic heterocycles. The molecule has 2 aromatic carbocycles. The normalized spacial score (nSPS) is 10.4. The van der Waals surface area contributed by atoms with Crippen molar-refractivity contribution in [3.8, 4) is 0 Å². The lowest BCUT2D eigenvalue weighted by Crippen LogP contribution is -2.37. The van der Waals surface area contributed by atoms with E-state index >= 15 is 0 Å². The van der Waals surface area contributed by atoms with Crippen LogP contribution in [0.25, 0.3) is 6.08 Å². The number of rotatable bonds is 7. The lowest BCUT2D eigenvalue weighted by atomic mass is 10.1. The van der Waals surface area contributed by atoms with Crippen LogP contribution in [0.4, 0.5) is 0 Å². The summed E-state index contributed by atoms with van der Waals surface area (Å²) in [4.78, 5) is 23.3. The maximum absolute atomic E-state index is 11.7. The zero-order chi connectivity index (χ0) is 16.3. The van der Waals surface area contributed by atoms with E-state index in [1.54, 1.807) is 6.08 Å². The van der Waals surface area contributed by atoms with Gasteiger partial charge in [-0.15, -0.1) is 0 Å². The fourth-order valence-corrected chi connectivity index (χ4v) is 2.02. The first-order valence-corrected chi connectivity index (χ1v) is 7.55. The summed E-state index contributed by atoms with van der Waals surface area (Å²) in [6, 6.07) is 19.4. The van der Waals surface area contributed by atoms with Crippen LogP contribution >= 0.6 is 0 Å². The highest BCUT2D eigenvalue weighted by Crippen LogP contribution is 2.00. The number of nitrogens with one attached hydrogen (secondary N) is 2. The Hall–Kier alpha value is -2.88. The summed E-state index contributed by atoms with van der Waals surface area (Å²) < 4.78 is 0. The van der Waals surface area contributed by atoms with Gasteiger partial charge in [0, 0.05) is 12.6 Å². The molecule has 0 saturated heterocycles. The summed E-state index contributed by atoms with van der Waals surface area (Å²) >= 11 is 0. The first kappa shape index (κ1) is 16.5. The van der Waals surface area contributed by atoms with E-state index < -0.39 is 0 Å². The standard InChI is InChI=1S/C19H20N2O2/c22-18(12-11-16-7-3-1-4-8-16)21-15-19(23)20-14-13-17-9-5-2-6-10-17/h1-12H,13-15H2,(H,20,23)(H,21,22). The molecule has 0 saturated carbocycles. The Kier molecular flexibility index (Phi) is 6.60. The second kappa shape index (κ2) is 9.20. The molecule has 0 radical (unpaired) electrons. The van der Waals surface area contributed by atoms with Crippen molar-refractivity contribution in [1.82, 2.24) is 10.6 Å². The van der Waals surface area contributed by atoms with Crippen LogP contribution in [0.15, 0.2) is 66.7 Å². The topological polar surface area (TPSA) is 58.2 Å². The molecule has 2 rings (SSSR count). The zero-order valence-electron chi connectivity index (χ0n) is 12.9. The summed E-state index contributed by atoms with van der Waals surface area (Å²) in [5.41, 5.74) is 2.11. The van der Waals surface area contributed by atoms with Crippen LogP contribution in [0, 0.1) is 0 Å². The Morgan fingerprint density at radius 1 is 0.870 bits per heavy atom. The Labute approximate surface area is 136 Å². The molecule has 4 heteroatoms. The van der Waals surface area contributed by atoms with Crippen molar-refractivity contribution in [3.05, 3.63) is 77.9 Å². The first-order valence-electron chi connectivity index (χ1n) is 7.55. The third-order valence-corrected chi connectivity index (χ3v) is 3.23. The number of carbonyl (C=O) groups excluding carboxylic acids is 2. The minimum Gasteiger partial charge on any atom is -0.354 e. The van der Waals surface area contributed by atoms with Gasteiger partial charge in [0.05, 0.1) is 6.54 Å². The van der Waals surface area contributed by atoms with E-state index in [4.69, 9.17) is 0 Å². The van der Waals surface area contributed by atoms with Crippen molar-refractivity contribution in [2.45, 2.75) is 6.42 Å². The van der Waals surface area contributed by atoms with Gasteiger partial charge in [0.15, 0.2) is 0 Å². The maximum atomic E-state index is 11.7. The largest absolute Gasteiger partial charge is 0.354 e. The molecule has 0 heterocycles. The van der Waals surface area contributed by atoms with Crippen LogP contribution in [-0.4, -0.2) is 24.9 Å². The highest BCUT2D eigenvalue weighted by Gasteiger charge is 2.02. The second-order valence-corrected chi connectivity index (χ2v) is 5.05. The fraction of sp³-hybridized carbons (Fsp3) is 0.158. The van der Waals surface area contributed by atoms with Crippen molar-refractivity contribution in [2.75, 3.05) is 13.1 Å². The third kappa shape index (κ3) is 6.61. The van der Waals surface area contributed by atoms with Gasteiger partial charge < -0.3 is 10.6 Å². The minimum atomic E-state index is -0.285. The monoisotopic (exact) mass is 308 g/mol. The molecule has 0 bridgehead atoms. The quantitative estimate of drug-likeness (QED) is 0.770. The molecule has 0 aliphatic carbocycles. The molecule has 0 aromatic heterocycles. The van der Waals surface area contributed by atoms with E-state index in [1.165, 1.54) is 11.6 Å². The lowest BCUT2D eigenvalue weighted by Gasteiger charge is -2.05. The van der Waals surface area contributed by atoms with Crippen LogP contribution in [0.5, 0.6) is 0 Å². The minimum absolute atomic E-state index is 0.0211. The van der Waals surface area contributed by atoms with Crippen molar-refractivity contribution in [3.63, 3.8) is 0 Å². The van der Waals surface area contributed by atoms with Crippen molar-refractivity contribution >= 4 is 17.9 Å². The van der Waals surface area contributed by atoms with E-state index in [2.05, 4.69) is 10.6 Å². The average molecular weight is 308 g/mol. The molecule has 0 aliphatic rings. The Balaban J connectivity index is 1.64. The van der Waals surface area contributed by atoms with Gasteiger partial charge in [-0.3, -0.25) is 9.59 Å². The van der Waals surface area contributed by atoms with Crippen molar-refractivity contribution in [1.29, 1.82) is 0 Å². The summed E-state index contributed by atoms with van der Waals surface area (Å²) in [6.07, 6.45) is 3.91. The van der Waals surface area contributed by atoms with E-state index in [1.807, 2.05) is 60.7 Å². The molecule has 0 atom stereocenters. The first-order chi connectivity index (χ1) is 11.2. The van der Waals surface area contributed by atoms with Crippen LogP contribution < -0.4 is 10.6 Å². The highest BCUT2D eigenvalue weighted by molar-refractivity contribution is 5.94. The van der Waals surface area contributed by atoms with E-state index in [-0.39, 0.29) is 18.4 Å². The van der Waals surface area contributed by atoms with Gasteiger partial charge in [0.25, 0.3) is 0 Å². The number of carbonyl (C=O) groups is 2. The van der Waals surface area contributed by atoms with Gasteiger partial charge in [0.1, 0.15) is 0 Å². The van der Waals surface area contributed by atoms with E-state index in [0.29, 0.717) is 6.54 Å². The smallest absolute Gasteiger partial charge is 0.244 e. The van der Waals surface area contributed by atoms with Crippen LogP contribution in [0.1, 0.15) is 11.1 Å². The number of amides is 2. The SMILES string of the molecule is O=C(C=Cc1ccccc1)NCC(=O)NCCc1ccccc1. The highest BCUT2D eigenvalue weighted by atomic mass is 16.2. The fourth-order valence-electron chi connectivity index (χ4n) is 2.02. The summed E-state index contributed by atoms with van der Waals surface area (Å²) in [7, 11) is 0. The predicted octanol–water partition coefficient (Wildman–Crippen LogP) is 2.17. The van der Waals surface area contributed by atoms with Gasteiger partial charge in [-0.05, 0) is 23.6 Å². The molecule has 0 spiro atoms. The number of hydrogen-bond acceptors (Lipinski definition) is 2. The molecule has 0 unspecified atom stereocenters. The van der Waals surface area contributed by atoms with Gasteiger partial charge >= 0.3 is 0 Å². The molecule has 2 amide bonds.